The lowest BCUT2D eigenvalue weighted by Gasteiger charge is -2.25. The van der Waals surface area contributed by atoms with E-state index in [0.717, 1.165) is 13.1 Å². The van der Waals surface area contributed by atoms with Gasteiger partial charge in [-0.2, -0.15) is 0 Å². The smallest absolute Gasteiger partial charge is 0.203 e. The zero-order valence-corrected chi connectivity index (χ0v) is 12.4. The van der Waals surface area contributed by atoms with Crippen molar-refractivity contribution in [2.24, 2.45) is 10.7 Å². The third-order valence-electron chi connectivity index (χ3n) is 3.24. The second kappa shape index (κ2) is 6.33. The van der Waals surface area contributed by atoms with Crippen molar-refractivity contribution in [3.8, 4) is 0 Å². The number of rotatable bonds is 3. The molecule has 0 spiro atoms. The highest BCUT2D eigenvalue weighted by molar-refractivity contribution is 6.31. The Morgan fingerprint density at radius 1 is 1.32 bits per heavy atom. The summed E-state index contributed by atoms with van der Waals surface area (Å²) in [7, 11) is 0. The molecule has 0 radical (unpaired) electrons. The molecule has 116 valence electrons. The molecule has 0 atom stereocenters. The van der Waals surface area contributed by atoms with Gasteiger partial charge in [0.05, 0.1) is 23.9 Å². The van der Waals surface area contributed by atoms with Gasteiger partial charge in [-0.15, -0.1) is 0 Å². The third kappa shape index (κ3) is 3.20. The van der Waals surface area contributed by atoms with Crippen molar-refractivity contribution in [1.82, 2.24) is 5.16 Å². The maximum atomic E-state index is 13.1. The van der Waals surface area contributed by atoms with Gasteiger partial charge in [0.15, 0.2) is 11.7 Å². The molecule has 1 saturated heterocycles. The molecule has 1 aliphatic heterocycles. The number of aromatic nitrogens is 1. The summed E-state index contributed by atoms with van der Waals surface area (Å²) in [5, 5.41) is 3.97. The molecular formula is C14H14ClFN4O2. The molecule has 0 bridgehead atoms. The summed E-state index contributed by atoms with van der Waals surface area (Å²) in [5.41, 5.74) is 6.33. The number of morpholine rings is 1. The minimum atomic E-state index is -0.506. The highest BCUT2D eigenvalue weighted by atomic mass is 35.5. The lowest BCUT2D eigenvalue weighted by atomic mass is 10.3. The molecule has 6 nitrogen and oxygen atoms in total. The van der Waals surface area contributed by atoms with Crippen molar-refractivity contribution in [3.05, 3.63) is 40.9 Å². The van der Waals surface area contributed by atoms with Crippen molar-refractivity contribution in [1.29, 1.82) is 0 Å². The van der Waals surface area contributed by atoms with Crippen LogP contribution in [0, 0.1) is 5.82 Å². The molecule has 0 amide bonds. The van der Waals surface area contributed by atoms with Gasteiger partial charge in [0, 0.05) is 19.2 Å². The zero-order valence-electron chi connectivity index (χ0n) is 11.6. The molecule has 1 aromatic carbocycles. The van der Waals surface area contributed by atoms with Crippen LogP contribution in [0.3, 0.4) is 0 Å². The molecule has 22 heavy (non-hydrogen) atoms. The number of halogens is 2. The van der Waals surface area contributed by atoms with Gasteiger partial charge in [-0.1, -0.05) is 16.8 Å². The van der Waals surface area contributed by atoms with Gasteiger partial charge in [0.1, 0.15) is 5.82 Å². The van der Waals surface area contributed by atoms with Gasteiger partial charge in [-0.05, 0) is 18.2 Å². The Hall–Kier alpha value is -2.12. The molecule has 0 saturated carbocycles. The van der Waals surface area contributed by atoms with Crippen molar-refractivity contribution in [3.63, 3.8) is 0 Å². The third-order valence-corrected chi connectivity index (χ3v) is 3.53. The molecule has 0 unspecified atom stereocenters. The van der Waals surface area contributed by atoms with Crippen LogP contribution in [0.5, 0.6) is 0 Å². The first-order chi connectivity index (χ1) is 10.6. The molecule has 2 aromatic rings. The molecule has 1 fully saturated rings. The number of hydrogen-bond acceptors (Lipinski definition) is 5. The van der Waals surface area contributed by atoms with Crippen LogP contribution in [0.25, 0.3) is 0 Å². The van der Waals surface area contributed by atoms with Gasteiger partial charge in [0.25, 0.3) is 0 Å². The maximum Gasteiger partial charge on any atom is 0.203 e. The molecule has 2 heterocycles. The fourth-order valence-corrected chi connectivity index (χ4v) is 2.25. The van der Waals surface area contributed by atoms with E-state index in [4.69, 9.17) is 26.6 Å². The van der Waals surface area contributed by atoms with Crippen molar-refractivity contribution in [2.45, 2.75) is 0 Å². The van der Waals surface area contributed by atoms with Gasteiger partial charge < -0.3 is 19.9 Å². The second-order valence-electron chi connectivity index (χ2n) is 4.74. The number of nitrogens with zero attached hydrogens (tertiary/aromatic N) is 3. The van der Waals surface area contributed by atoms with Gasteiger partial charge in [-0.3, -0.25) is 0 Å². The Morgan fingerprint density at radius 3 is 2.82 bits per heavy atom. The Balaban J connectivity index is 1.79. The van der Waals surface area contributed by atoms with Crippen LogP contribution in [0.4, 0.5) is 15.9 Å². The quantitative estimate of drug-likeness (QED) is 0.692. The van der Waals surface area contributed by atoms with Crippen LogP contribution in [0.15, 0.2) is 33.8 Å². The molecule has 1 aliphatic rings. The van der Waals surface area contributed by atoms with Gasteiger partial charge in [0.2, 0.25) is 5.76 Å². The molecule has 2 N–H and O–H groups in total. The topological polar surface area (TPSA) is 76.9 Å². The molecular weight excluding hydrogens is 311 g/mol. The summed E-state index contributed by atoms with van der Waals surface area (Å²) in [6.07, 6.45) is 0. The van der Waals surface area contributed by atoms with E-state index >= 15 is 0 Å². The molecule has 0 aliphatic carbocycles. The number of hydrogen-bond donors (Lipinski definition) is 1. The van der Waals surface area contributed by atoms with E-state index in [1.165, 1.54) is 18.2 Å². The van der Waals surface area contributed by atoms with E-state index in [1.54, 1.807) is 6.07 Å². The number of ether oxygens (including phenoxy) is 1. The molecule has 1 aromatic heterocycles. The van der Waals surface area contributed by atoms with Crippen LogP contribution in [0.2, 0.25) is 5.02 Å². The number of aliphatic imine (C=N–C) groups is 1. The van der Waals surface area contributed by atoms with Crippen LogP contribution in [-0.4, -0.2) is 37.3 Å². The van der Waals surface area contributed by atoms with E-state index in [2.05, 4.69) is 10.1 Å². The van der Waals surface area contributed by atoms with E-state index in [0.29, 0.717) is 30.5 Å². The summed E-state index contributed by atoms with van der Waals surface area (Å²) in [6, 6.07) is 5.82. The Kier molecular flexibility index (Phi) is 4.26. The fraction of sp³-hybridized carbons (Fsp3) is 0.286. The monoisotopic (exact) mass is 324 g/mol. The first-order valence-corrected chi connectivity index (χ1v) is 7.10. The standard InChI is InChI=1S/C14H14ClFN4O2/c15-10-7-9(1-2-11(10)16)18-14(17)12-8-13(19-22-12)20-3-5-21-6-4-20/h1-2,7-8H,3-6H2,(H2,17,18). The average Bonchev–Trinajstić information content (AvgIpc) is 3.02. The summed E-state index contributed by atoms with van der Waals surface area (Å²) >= 11 is 5.71. The SMILES string of the molecule is NC(=Nc1ccc(F)c(Cl)c1)c1cc(N2CCOCC2)no1. The zero-order chi connectivity index (χ0) is 15.5. The average molecular weight is 325 g/mol. The van der Waals surface area contributed by atoms with Gasteiger partial charge in [-0.25, -0.2) is 9.38 Å². The lowest BCUT2D eigenvalue weighted by molar-refractivity contribution is 0.122. The summed E-state index contributed by atoms with van der Waals surface area (Å²) in [5.74, 6) is 0.679. The predicted molar refractivity (Wildman–Crippen MR) is 81.3 cm³/mol. The van der Waals surface area contributed by atoms with Crippen LogP contribution < -0.4 is 10.6 Å². The number of nitrogens with two attached hydrogens (primary N) is 1. The summed E-state index contributed by atoms with van der Waals surface area (Å²) in [6.45, 7) is 2.80. The lowest BCUT2D eigenvalue weighted by Crippen LogP contribution is -2.36. The normalized spacial score (nSPS) is 16.1. The Bertz CT molecular complexity index is 698. The van der Waals surface area contributed by atoms with E-state index in [1.807, 2.05) is 4.90 Å². The van der Waals surface area contributed by atoms with Crippen molar-refractivity contribution < 1.29 is 13.7 Å². The van der Waals surface area contributed by atoms with Crippen LogP contribution in [-0.2, 0) is 4.74 Å². The highest BCUT2D eigenvalue weighted by Gasteiger charge is 2.17. The fourth-order valence-electron chi connectivity index (χ4n) is 2.08. The maximum absolute atomic E-state index is 13.1. The second-order valence-corrected chi connectivity index (χ2v) is 5.15. The predicted octanol–water partition coefficient (Wildman–Crippen LogP) is 2.34. The van der Waals surface area contributed by atoms with Gasteiger partial charge >= 0.3 is 0 Å². The van der Waals surface area contributed by atoms with Crippen LogP contribution in [0.1, 0.15) is 5.76 Å². The van der Waals surface area contributed by atoms with Crippen LogP contribution >= 0.6 is 11.6 Å². The number of amidine groups is 1. The first kappa shape index (κ1) is 14.8. The van der Waals surface area contributed by atoms with E-state index in [9.17, 15) is 4.39 Å². The van der Waals surface area contributed by atoms with Crippen molar-refractivity contribution >= 4 is 28.9 Å². The molecule has 8 heteroatoms. The molecule has 3 rings (SSSR count). The Morgan fingerprint density at radius 2 is 2.09 bits per heavy atom. The number of benzene rings is 1. The van der Waals surface area contributed by atoms with Crippen molar-refractivity contribution in [2.75, 3.05) is 31.2 Å². The largest absolute Gasteiger partial charge is 0.380 e. The first-order valence-electron chi connectivity index (χ1n) is 6.72. The Labute approximate surface area is 131 Å². The number of anilines is 1. The summed E-state index contributed by atoms with van der Waals surface area (Å²) < 4.78 is 23.6. The highest BCUT2D eigenvalue weighted by Crippen LogP contribution is 2.22. The minimum absolute atomic E-state index is 0.0133. The van der Waals surface area contributed by atoms with E-state index in [-0.39, 0.29) is 10.9 Å². The van der Waals surface area contributed by atoms with E-state index < -0.39 is 5.82 Å². The summed E-state index contributed by atoms with van der Waals surface area (Å²) in [4.78, 5) is 6.20. The minimum Gasteiger partial charge on any atom is -0.380 e.